The molecule has 0 atom stereocenters. The van der Waals surface area contributed by atoms with E-state index in [1.165, 1.54) is 0 Å². The molecule has 0 saturated carbocycles. The Morgan fingerprint density at radius 2 is 2.17 bits per heavy atom. The van der Waals surface area contributed by atoms with Crippen molar-refractivity contribution in [1.29, 1.82) is 0 Å². The van der Waals surface area contributed by atoms with Crippen molar-refractivity contribution in [2.75, 3.05) is 0 Å². The number of aryl methyl sites for hydroxylation is 2. The first-order chi connectivity index (χ1) is 5.72. The van der Waals surface area contributed by atoms with Crippen molar-refractivity contribution in [2.24, 2.45) is 0 Å². The SMILES string of the molecule is CCCCc1cc(C)oc(=O)c1. The van der Waals surface area contributed by atoms with Gasteiger partial charge in [-0.25, -0.2) is 4.79 Å². The standard InChI is InChI=1S/C10H14O2/c1-3-4-5-9-6-8(2)12-10(11)7-9/h6-7H,3-5H2,1-2H3. The molecule has 1 aromatic heterocycles. The third kappa shape index (κ3) is 2.53. The van der Waals surface area contributed by atoms with E-state index in [1.807, 2.05) is 6.07 Å². The van der Waals surface area contributed by atoms with Gasteiger partial charge in [-0.2, -0.15) is 0 Å². The van der Waals surface area contributed by atoms with Crippen molar-refractivity contribution in [3.05, 3.63) is 33.9 Å². The smallest absolute Gasteiger partial charge is 0.336 e. The Labute approximate surface area is 72.2 Å². The van der Waals surface area contributed by atoms with E-state index in [-0.39, 0.29) is 5.63 Å². The molecule has 0 amide bonds. The average molecular weight is 166 g/mol. The predicted octanol–water partition coefficient (Wildman–Crippen LogP) is 2.29. The molecule has 0 bridgehead atoms. The summed E-state index contributed by atoms with van der Waals surface area (Å²) in [6.45, 7) is 3.94. The minimum absolute atomic E-state index is 0.235. The van der Waals surface area contributed by atoms with Crippen LogP contribution in [0, 0.1) is 6.92 Å². The Morgan fingerprint density at radius 1 is 1.42 bits per heavy atom. The van der Waals surface area contributed by atoms with Crippen LogP contribution in [-0.4, -0.2) is 0 Å². The molecule has 1 rings (SSSR count). The molecule has 0 aliphatic rings. The molecule has 0 saturated heterocycles. The zero-order valence-electron chi connectivity index (χ0n) is 7.59. The topological polar surface area (TPSA) is 30.2 Å². The Bertz CT molecular complexity index is 299. The summed E-state index contributed by atoms with van der Waals surface area (Å²) in [5.74, 6) is 0.702. The molecule has 0 aliphatic heterocycles. The third-order valence-corrected chi connectivity index (χ3v) is 1.77. The molecule has 0 spiro atoms. The summed E-state index contributed by atoms with van der Waals surface area (Å²) in [5, 5.41) is 0. The van der Waals surface area contributed by atoms with E-state index >= 15 is 0 Å². The monoisotopic (exact) mass is 166 g/mol. The zero-order valence-corrected chi connectivity index (χ0v) is 7.59. The van der Waals surface area contributed by atoms with Crippen LogP contribution in [0.15, 0.2) is 21.3 Å². The van der Waals surface area contributed by atoms with Gasteiger partial charge in [-0.15, -0.1) is 0 Å². The molecule has 0 aromatic carbocycles. The first kappa shape index (κ1) is 9.04. The maximum absolute atomic E-state index is 10.9. The van der Waals surface area contributed by atoms with Crippen LogP contribution in [0.2, 0.25) is 0 Å². The van der Waals surface area contributed by atoms with Gasteiger partial charge in [-0.05, 0) is 31.4 Å². The van der Waals surface area contributed by atoms with E-state index < -0.39 is 0 Å². The van der Waals surface area contributed by atoms with E-state index in [9.17, 15) is 4.79 Å². The highest BCUT2D eigenvalue weighted by Gasteiger charge is 1.96. The molecule has 0 N–H and O–H groups in total. The maximum atomic E-state index is 10.9. The molecule has 2 heteroatoms. The molecule has 0 unspecified atom stereocenters. The highest BCUT2D eigenvalue weighted by molar-refractivity contribution is 5.12. The minimum Gasteiger partial charge on any atom is -0.428 e. The summed E-state index contributed by atoms with van der Waals surface area (Å²) in [4.78, 5) is 10.9. The van der Waals surface area contributed by atoms with Gasteiger partial charge in [0.2, 0.25) is 0 Å². The molecule has 12 heavy (non-hydrogen) atoms. The zero-order chi connectivity index (χ0) is 8.97. The Hall–Kier alpha value is -1.05. The first-order valence-electron chi connectivity index (χ1n) is 4.33. The highest BCUT2D eigenvalue weighted by atomic mass is 16.4. The quantitative estimate of drug-likeness (QED) is 0.689. The molecular formula is C10H14O2. The molecule has 0 fully saturated rings. The minimum atomic E-state index is -0.235. The van der Waals surface area contributed by atoms with Crippen LogP contribution in [0.25, 0.3) is 0 Å². The summed E-state index contributed by atoms with van der Waals surface area (Å²) in [6, 6.07) is 3.50. The average Bonchev–Trinajstić information content (AvgIpc) is 1.99. The highest BCUT2D eigenvalue weighted by Crippen LogP contribution is 2.04. The van der Waals surface area contributed by atoms with Crippen LogP contribution < -0.4 is 5.63 Å². The van der Waals surface area contributed by atoms with Crippen molar-refractivity contribution < 1.29 is 4.42 Å². The van der Waals surface area contributed by atoms with Crippen LogP contribution in [0.5, 0.6) is 0 Å². The van der Waals surface area contributed by atoms with Gasteiger partial charge in [-0.1, -0.05) is 13.3 Å². The maximum Gasteiger partial charge on any atom is 0.336 e. The van der Waals surface area contributed by atoms with E-state index in [4.69, 9.17) is 4.42 Å². The molecule has 0 radical (unpaired) electrons. The molecular weight excluding hydrogens is 152 g/mol. The lowest BCUT2D eigenvalue weighted by Gasteiger charge is -1.98. The van der Waals surface area contributed by atoms with Gasteiger partial charge in [0.1, 0.15) is 5.76 Å². The predicted molar refractivity (Wildman–Crippen MR) is 48.3 cm³/mol. The fourth-order valence-corrected chi connectivity index (χ4v) is 1.20. The summed E-state index contributed by atoms with van der Waals surface area (Å²) in [6.07, 6.45) is 3.26. The molecule has 0 aliphatic carbocycles. The van der Waals surface area contributed by atoms with Gasteiger partial charge in [0, 0.05) is 6.07 Å². The van der Waals surface area contributed by atoms with E-state index in [2.05, 4.69) is 6.92 Å². The largest absolute Gasteiger partial charge is 0.428 e. The number of hydrogen-bond acceptors (Lipinski definition) is 2. The Kier molecular flexibility index (Phi) is 3.09. The van der Waals surface area contributed by atoms with Crippen molar-refractivity contribution in [3.8, 4) is 0 Å². The summed E-state index contributed by atoms with van der Waals surface area (Å²) in [5.41, 5.74) is 0.853. The Balaban J connectivity index is 2.79. The molecule has 66 valence electrons. The van der Waals surface area contributed by atoms with Gasteiger partial charge in [0.15, 0.2) is 0 Å². The van der Waals surface area contributed by atoms with Crippen molar-refractivity contribution >= 4 is 0 Å². The van der Waals surface area contributed by atoms with Crippen LogP contribution in [0.1, 0.15) is 31.1 Å². The second kappa shape index (κ2) is 4.10. The number of hydrogen-bond donors (Lipinski definition) is 0. The van der Waals surface area contributed by atoms with Crippen LogP contribution in [-0.2, 0) is 6.42 Å². The van der Waals surface area contributed by atoms with Crippen LogP contribution >= 0.6 is 0 Å². The summed E-state index contributed by atoms with van der Waals surface area (Å²) >= 11 is 0. The molecule has 2 nitrogen and oxygen atoms in total. The lowest BCUT2D eigenvalue weighted by molar-refractivity contribution is 0.477. The molecule has 1 aromatic rings. The fourth-order valence-electron chi connectivity index (χ4n) is 1.20. The van der Waals surface area contributed by atoms with Gasteiger partial charge >= 0.3 is 5.63 Å². The number of unbranched alkanes of at least 4 members (excludes halogenated alkanes) is 1. The van der Waals surface area contributed by atoms with Crippen molar-refractivity contribution in [3.63, 3.8) is 0 Å². The lowest BCUT2D eigenvalue weighted by Crippen LogP contribution is -2.00. The molecule has 1 heterocycles. The van der Waals surface area contributed by atoms with Gasteiger partial charge in [-0.3, -0.25) is 0 Å². The van der Waals surface area contributed by atoms with Gasteiger partial charge in [0.05, 0.1) is 0 Å². The first-order valence-corrected chi connectivity index (χ1v) is 4.33. The fraction of sp³-hybridized carbons (Fsp3) is 0.500. The summed E-state index contributed by atoms with van der Waals surface area (Å²) in [7, 11) is 0. The van der Waals surface area contributed by atoms with E-state index in [1.54, 1.807) is 13.0 Å². The van der Waals surface area contributed by atoms with Crippen LogP contribution in [0.4, 0.5) is 0 Å². The van der Waals surface area contributed by atoms with Gasteiger partial charge < -0.3 is 4.42 Å². The normalized spacial score (nSPS) is 10.2. The lowest BCUT2D eigenvalue weighted by atomic mass is 10.1. The second-order valence-electron chi connectivity index (χ2n) is 3.00. The third-order valence-electron chi connectivity index (χ3n) is 1.77. The number of rotatable bonds is 3. The summed E-state index contributed by atoms with van der Waals surface area (Å²) < 4.78 is 4.84. The second-order valence-corrected chi connectivity index (χ2v) is 3.00. The van der Waals surface area contributed by atoms with Gasteiger partial charge in [0.25, 0.3) is 0 Å². The van der Waals surface area contributed by atoms with Crippen molar-refractivity contribution in [1.82, 2.24) is 0 Å². The van der Waals surface area contributed by atoms with Crippen LogP contribution in [0.3, 0.4) is 0 Å². The Morgan fingerprint density at radius 3 is 2.75 bits per heavy atom. The van der Waals surface area contributed by atoms with E-state index in [0.717, 1.165) is 24.8 Å². The van der Waals surface area contributed by atoms with E-state index in [0.29, 0.717) is 5.76 Å². The van der Waals surface area contributed by atoms with Crippen molar-refractivity contribution in [2.45, 2.75) is 33.1 Å².